The molecule has 0 radical (unpaired) electrons. The Balaban J connectivity index is 1.34. The van der Waals surface area contributed by atoms with Gasteiger partial charge in [0.2, 0.25) is 5.91 Å². The lowest BCUT2D eigenvalue weighted by Crippen LogP contribution is -2.55. The number of nitriles is 1. The molecule has 2 fully saturated rings. The SMILES string of the molecule is COC1CN(C(=O)CN=C/C(=C\N)c2cnc3[nH]cc(-c4ccc(OC5CCOCC5)c(C#N)c4)c3c2)C1. The number of aromatic amines is 1. The van der Waals surface area contributed by atoms with Crippen molar-refractivity contribution in [2.75, 3.05) is 40.0 Å². The van der Waals surface area contributed by atoms with Crippen molar-refractivity contribution < 1.29 is 19.0 Å². The fraction of sp³-hybridized carbons (Fsp3) is 0.357. The number of aromatic nitrogens is 2. The van der Waals surface area contributed by atoms with Crippen LogP contribution in [-0.2, 0) is 14.3 Å². The zero-order valence-electron chi connectivity index (χ0n) is 21.2. The molecule has 0 spiro atoms. The first kappa shape index (κ1) is 25.4. The Kier molecular flexibility index (Phi) is 7.67. The smallest absolute Gasteiger partial charge is 0.244 e. The van der Waals surface area contributed by atoms with E-state index in [1.807, 2.05) is 30.5 Å². The molecule has 10 heteroatoms. The van der Waals surface area contributed by atoms with Crippen LogP contribution in [0.2, 0.25) is 0 Å². The predicted molar refractivity (Wildman–Crippen MR) is 144 cm³/mol. The van der Waals surface area contributed by atoms with E-state index in [1.165, 1.54) is 6.20 Å². The number of pyridine rings is 1. The highest BCUT2D eigenvalue weighted by Gasteiger charge is 2.29. The number of aliphatic imine (C=N–C) groups is 1. The summed E-state index contributed by atoms with van der Waals surface area (Å²) in [5, 5.41) is 10.7. The van der Waals surface area contributed by atoms with E-state index in [-0.39, 0.29) is 24.7 Å². The number of rotatable bonds is 8. The van der Waals surface area contributed by atoms with Crippen LogP contribution >= 0.6 is 0 Å². The van der Waals surface area contributed by atoms with Crippen LogP contribution in [0.1, 0.15) is 24.0 Å². The van der Waals surface area contributed by atoms with Crippen LogP contribution in [0, 0.1) is 11.3 Å². The number of hydrogen-bond donors (Lipinski definition) is 2. The Labute approximate surface area is 220 Å². The van der Waals surface area contributed by atoms with E-state index in [2.05, 4.69) is 21.0 Å². The second kappa shape index (κ2) is 11.5. The van der Waals surface area contributed by atoms with E-state index in [9.17, 15) is 10.1 Å². The number of benzene rings is 1. The largest absolute Gasteiger partial charge is 0.489 e. The number of amides is 1. The second-order valence-electron chi connectivity index (χ2n) is 9.32. The van der Waals surface area contributed by atoms with Gasteiger partial charge in [-0.05, 0) is 23.8 Å². The van der Waals surface area contributed by atoms with Gasteiger partial charge in [-0.2, -0.15) is 5.26 Å². The highest BCUT2D eigenvalue weighted by molar-refractivity contribution is 6.11. The van der Waals surface area contributed by atoms with Crippen LogP contribution in [0.5, 0.6) is 5.75 Å². The number of nitrogens with two attached hydrogens (primary N) is 1. The van der Waals surface area contributed by atoms with Crippen molar-refractivity contribution in [1.29, 1.82) is 5.26 Å². The minimum atomic E-state index is -0.0510. The van der Waals surface area contributed by atoms with Crippen LogP contribution in [0.15, 0.2) is 47.9 Å². The topological polar surface area (TPSA) is 139 Å². The molecule has 3 aromatic rings. The number of methoxy groups -OCH3 is 1. The molecule has 2 aliphatic heterocycles. The Hall–Kier alpha value is -4.20. The van der Waals surface area contributed by atoms with Gasteiger partial charge in [-0.25, -0.2) is 4.98 Å². The van der Waals surface area contributed by atoms with Crippen LogP contribution < -0.4 is 10.5 Å². The second-order valence-corrected chi connectivity index (χ2v) is 9.32. The molecule has 0 aliphatic carbocycles. The quantitative estimate of drug-likeness (QED) is 0.441. The van der Waals surface area contributed by atoms with Gasteiger partial charge in [-0.1, -0.05) is 6.07 Å². The normalized spacial score (nSPS) is 17.1. The average Bonchev–Trinajstić information content (AvgIpc) is 3.35. The monoisotopic (exact) mass is 514 g/mol. The van der Waals surface area contributed by atoms with Crippen LogP contribution in [0.3, 0.4) is 0 Å². The molecule has 10 nitrogen and oxygen atoms in total. The number of allylic oxidation sites excluding steroid dienone is 1. The third-order valence-corrected chi connectivity index (χ3v) is 6.91. The molecular weight excluding hydrogens is 484 g/mol. The van der Waals surface area contributed by atoms with E-state index >= 15 is 0 Å². The zero-order valence-corrected chi connectivity index (χ0v) is 21.2. The van der Waals surface area contributed by atoms with Gasteiger partial charge in [0, 0.05) is 79.9 Å². The summed E-state index contributed by atoms with van der Waals surface area (Å²) >= 11 is 0. The molecule has 2 aliphatic rings. The number of fused-ring (bicyclic) bond motifs is 1. The average molecular weight is 515 g/mol. The summed E-state index contributed by atoms with van der Waals surface area (Å²) < 4.78 is 16.7. The molecule has 1 aromatic carbocycles. The number of carbonyl (C=O) groups excluding carboxylic acids is 1. The molecule has 1 amide bonds. The Morgan fingerprint density at radius 2 is 2.13 bits per heavy atom. The number of H-pyrrole nitrogens is 1. The summed E-state index contributed by atoms with van der Waals surface area (Å²) in [6, 6.07) is 9.86. The van der Waals surface area contributed by atoms with E-state index in [0.29, 0.717) is 48.8 Å². The summed E-state index contributed by atoms with van der Waals surface area (Å²) in [4.78, 5) is 26.0. The van der Waals surface area contributed by atoms with E-state index in [0.717, 1.165) is 34.9 Å². The number of nitrogens with one attached hydrogen (secondary N) is 1. The zero-order chi connectivity index (χ0) is 26.5. The third kappa shape index (κ3) is 5.39. The molecular formula is C28H30N6O4. The maximum absolute atomic E-state index is 12.3. The number of nitrogens with zero attached hydrogens (tertiary/aromatic N) is 4. The molecule has 0 unspecified atom stereocenters. The van der Waals surface area contributed by atoms with Crippen molar-refractivity contribution >= 4 is 28.7 Å². The van der Waals surface area contributed by atoms with E-state index in [4.69, 9.17) is 19.9 Å². The van der Waals surface area contributed by atoms with Crippen LogP contribution in [0.25, 0.3) is 27.7 Å². The summed E-state index contributed by atoms with van der Waals surface area (Å²) in [6.45, 7) is 2.57. The Morgan fingerprint density at radius 1 is 1.32 bits per heavy atom. The van der Waals surface area contributed by atoms with Crippen LogP contribution in [-0.4, -0.2) is 79.2 Å². The van der Waals surface area contributed by atoms with Crippen molar-refractivity contribution in [2.45, 2.75) is 25.0 Å². The predicted octanol–water partition coefficient (Wildman–Crippen LogP) is 2.89. The molecule has 0 bridgehead atoms. The molecule has 5 rings (SSSR count). The summed E-state index contributed by atoms with van der Waals surface area (Å²) in [5.41, 5.74) is 10.3. The fourth-order valence-corrected chi connectivity index (χ4v) is 4.59. The number of likely N-dealkylation sites (tertiary alicyclic amines) is 1. The first-order valence-electron chi connectivity index (χ1n) is 12.6. The molecule has 4 heterocycles. The first-order chi connectivity index (χ1) is 18.6. The van der Waals surface area contributed by atoms with Gasteiger partial charge in [0.15, 0.2) is 0 Å². The lowest BCUT2D eigenvalue weighted by Gasteiger charge is -2.37. The number of hydrogen-bond acceptors (Lipinski definition) is 8. The van der Waals surface area contributed by atoms with E-state index in [1.54, 1.807) is 24.4 Å². The van der Waals surface area contributed by atoms with Crippen LogP contribution in [0.4, 0.5) is 0 Å². The van der Waals surface area contributed by atoms with Crippen molar-refractivity contribution in [3.05, 3.63) is 54.0 Å². The minimum absolute atomic E-state index is 0.0398. The summed E-state index contributed by atoms with van der Waals surface area (Å²) in [6.07, 6.45) is 8.40. The molecule has 2 saturated heterocycles. The minimum Gasteiger partial charge on any atom is -0.489 e. The maximum atomic E-state index is 12.3. The fourth-order valence-electron chi connectivity index (χ4n) is 4.59. The third-order valence-electron chi connectivity index (χ3n) is 6.91. The highest BCUT2D eigenvalue weighted by atomic mass is 16.5. The van der Waals surface area contributed by atoms with Crippen molar-refractivity contribution in [3.8, 4) is 22.9 Å². The number of carbonyl (C=O) groups is 1. The lowest BCUT2D eigenvalue weighted by atomic mass is 10.0. The number of ether oxygens (including phenoxy) is 3. The Bertz CT molecular complexity index is 1410. The van der Waals surface area contributed by atoms with E-state index < -0.39 is 0 Å². The summed E-state index contributed by atoms with van der Waals surface area (Å²) in [7, 11) is 1.64. The van der Waals surface area contributed by atoms with Gasteiger partial charge >= 0.3 is 0 Å². The van der Waals surface area contributed by atoms with Crippen molar-refractivity contribution in [1.82, 2.24) is 14.9 Å². The molecule has 0 atom stereocenters. The van der Waals surface area contributed by atoms with Crippen molar-refractivity contribution in [2.24, 2.45) is 10.7 Å². The molecule has 0 saturated carbocycles. The van der Waals surface area contributed by atoms with Gasteiger partial charge in [0.25, 0.3) is 0 Å². The van der Waals surface area contributed by atoms with Gasteiger partial charge < -0.3 is 29.8 Å². The molecule has 38 heavy (non-hydrogen) atoms. The molecule has 196 valence electrons. The summed E-state index contributed by atoms with van der Waals surface area (Å²) in [5.74, 6) is 0.529. The van der Waals surface area contributed by atoms with Gasteiger partial charge in [-0.3, -0.25) is 9.79 Å². The Morgan fingerprint density at radius 3 is 2.87 bits per heavy atom. The van der Waals surface area contributed by atoms with Gasteiger partial charge in [0.05, 0.1) is 24.9 Å². The lowest BCUT2D eigenvalue weighted by molar-refractivity contribution is -0.141. The van der Waals surface area contributed by atoms with Gasteiger partial charge in [-0.15, -0.1) is 0 Å². The molecule has 2 aromatic heterocycles. The maximum Gasteiger partial charge on any atom is 0.244 e. The molecule has 3 N–H and O–H groups in total. The highest BCUT2D eigenvalue weighted by Crippen LogP contribution is 2.33. The first-order valence-corrected chi connectivity index (χ1v) is 12.6. The van der Waals surface area contributed by atoms with Gasteiger partial charge in [0.1, 0.15) is 30.1 Å². The van der Waals surface area contributed by atoms with Crippen molar-refractivity contribution in [3.63, 3.8) is 0 Å². The standard InChI is InChI=1S/C28H30N6O4/c1-36-23-16-34(17-23)27(35)15-31-12-21(11-30)20-9-24-25(14-33-28(24)32-13-20)18-2-3-26(19(8-18)10-29)38-22-4-6-37-7-5-22/h2-3,8-9,11-14,22-23H,4-7,15-17,30H2,1H3,(H,32,33)/b21-11+,31-12?.